The Bertz CT molecular complexity index is 286. The van der Waals surface area contributed by atoms with E-state index in [0.717, 1.165) is 17.8 Å². The Kier molecular flexibility index (Phi) is 2.69. The van der Waals surface area contributed by atoms with Gasteiger partial charge in [-0.2, -0.15) is 0 Å². The molecule has 0 aromatic rings. The van der Waals surface area contributed by atoms with Crippen LogP contribution >= 0.6 is 0 Å². The minimum atomic E-state index is 0.674. The molecule has 1 unspecified atom stereocenters. The van der Waals surface area contributed by atoms with Gasteiger partial charge in [-0.1, -0.05) is 31.2 Å². The van der Waals surface area contributed by atoms with Crippen LogP contribution in [-0.2, 0) is 0 Å². The van der Waals surface area contributed by atoms with Crippen LogP contribution < -0.4 is 0 Å². The lowest BCUT2D eigenvalue weighted by atomic mass is 9.70. The van der Waals surface area contributed by atoms with Gasteiger partial charge in [0.1, 0.15) is 0 Å². The Morgan fingerprint density at radius 2 is 1.44 bits per heavy atom. The van der Waals surface area contributed by atoms with E-state index in [9.17, 15) is 0 Å². The van der Waals surface area contributed by atoms with Gasteiger partial charge in [0.25, 0.3) is 0 Å². The van der Waals surface area contributed by atoms with Gasteiger partial charge in [-0.3, -0.25) is 0 Å². The summed E-state index contributed by atoms with van der Waals surface area (Å²) in [7, 11) is 0. The molecule has 0 spiro atoms. The van der Waals surface area contributed by atoms with Crippen LogP contribution in [0.1, 0.15) is 51.9 Å². The van der Waals surface area contributed by atoms with Crippen molar-refractivity contribution >= 4 is 0 Å². The molecule has 3 aliphatic rings. The zero-order valence-corrected chi connectivity index (χ0v) is 10.5. The lowest BCUT2D eigenvalue weighted by molar-refractivity contribution is 0.217. The zero-order valence-electron chi connectivity index (χ0n) is 10.5. The van der Waals surface area contributed by atoms with E-state index in [0.29, 0.717) is 5.41 Å². The molecular weight excluding hydrogens is 192 g/mol. The average molecular weight is 216 g/mol. The molecule has 0 heterocycles. The third kappa shape index (κ3) is 1.58. The lowest BCUT2D eigenvalue weighted by Gasteiger charge is -2.35. The molecule has 0 nitrogen and oxygen atoms in total. The van der Waals surface area contributed by atoms with Gasteiger partial charge < -0.3 is 0 Å². The highest BCUT2D eigenvalue weighted by molar-refractivity contribution is 5.18. The van der Waals surface area contributed by atoms with Crippen LogP contribution in [0.4, 0.5) is 0 Å². The first-order chi connectivity index (χ1) is 7.84. The molecule has 0 N–H and O–H groups in total. The maximum absolute atomic E-state index is 2.55. The largest absolute Gasteiger partial charge is 0.0882 e. The second-order valence-electron chi connectivity index (χ2n) is 6.15. The SMILES string of the molecule is C[C@H]1CC1([C@@H]1C=CCCC1)[C@H]1C=CCCC1. The highest BCUT2D eigenvalue weighted by Crippen LogP contribution is 2.66. The molecule has 1 saturated carbocycles. The Hall–Kier alpha value is -0.520. The fraction of sp³-hybridized carbons (Fsp3) is 0.750. The maximum Gasteiger partial charge on any atom is -0.0143 e. The second-order valence-corrected chi connectivity index (χ2v) is 6.15. The minimum absolute atomic E-state index is 0.674. The molecule has 0 saturated heterocycles. The Morgan fingerprint density at radius 3 is 1.75 bits per heavy atom. The van der Waals surface area contributed by atoms with Crippen LogP contribution in [-0.4, -0.2) is 0 Å². The molecule has 0 aromatic heterocycles. The van der Waals surface area contributed by atoms with Gasteiger partial charge in [-0.15, -0.1) is 0 Å². The van der Waals surface area contributed by atoms with Crippen LogP contribution in [0.25, 0.3) is 0 Å². The Balaban J connectivity index is 1.82. The van der Waals surface area contributed by atoms with Gasteiger partial charge in [0.15, 0.2) is 0 Å². The monoisotopic (exact) mass is 216 g/mol. The summed E-state index contributed by atoms with van der Waals surface area (Å²) in [5, 5.41) is 0. The van der Waals surface area contributed by atoms with Crippen LogP contribution in [0.2, 0.25) is 0 Å². The summed E-state index contributed by atoms with van der Waals surface area (Å²) in [4.78, 5) is 0. The summed E-state index contributed by atoms with van der Waals surface area (Å²) < 4.78 is 0. The van der Waals surface area contributed by atoms with E-state index in [1.54, 1.807) is 0 Å². The van der Waals surface area contributed by atoms with Crippen molar-refractivity contribution in [3.05, 3.63) is 24.3 Å². The summed E-state index contributed by atoms with van der Waals surface area (Å²) in [5.41, 5.74) is 0.674. The second kappa shape index (κ2) is 4.05. The van der Waals surface area contributed by atoms with E-state index in [1.807, 2.05) is 0 Å². The summed E-state index contributed by atoms with van der Waals surface area (Å²) in [6, 6.07) is 0. The smallest absolute Gasteiger partial charge is 0.0143 e. The molecule has 3 aliphatic carbocycles. The molecule has 16 heavy (non-hydrogen) atoms. The molecule has 88 valence electrons. The van der Waals surface area contributed by atoms with Crippen LogP contribution in [0.15, 0.2) is 24.3 Å². The maximum atomic E-state index is 2.55. The van der Waals surface area contributed by atoms with Gasteiger partial charge in [-0.25, -0.2) is 0 Å². The van der Waals surface area contributed by atoms with Gasteiger partial charge >= 0.3 is 0 Å². The highest BCUT2D eigenvalue weighted by Gasteiger charge is 2.58. The molecule has 0 heteroatoms. The minimum Gasteiger partial charge on any atom is -0.0882 e. The number of allylic oxidation sites excluding steroid dienone is 4. The molecule has 0 aliphatic heterocycles. The predicted octanol–water partition coefficient (Wildman–Crippen LogP) is 4.73. The van der Waals surface area contributed by atoms with Crippen molar-refractivity contribution in [2.75, 3.05) is 0 Å². The standard InChI is InChI=1S/C16H24/c1-13-12-16(13,14-8-4-2-5-9-14)15-10-6-3-7-11-15/h4,6,8,10,13-15H,2-3,5,7,9,11-12H2,1H3/t13-,14-,15+,16?/m0/s1. The van der Waals surface area contributed by atoms with Crippen LogP contribution in [0.5, 0.6) is 0 Å². The van der Waals surface area contributed by atoms with E-state index in [4.69, 9.17) is 0 Å². The van der Waals surface area contributed by atoms with E-state index in [1.165, 1.54) is 44.9 Å². The molecule has 0 radical (unpaired) electrons. The number of hydrogen-bond donors (Lipinski definition) is 0. The van der Waals surface area contributed by atoms with Crippen molar-refractivity contribution in [2.45, 2.75) is 51.9 Å². The molecular formula is C16H24. The van der Waals surface area contributed by atoms with E-state index in [2.05, 4.69) is 31.2 Å². The summed E-state index contributed by atoms with van der Waals surface area (Å²) >= 11 is 0. The summed E-state index contributed by atoms with van der Waals surface area (Å²) in [5.74, 6) is 2.75. The van der Waals surface area contributed by atoms with Gasteiger partial charge in [-0.05, 0) is 68.1 Å². The summed E-state index contributed by atoms with van der Waals surface area (Å²) in [6.45, 7) is 2.48. The lowest BCUT2D eigenvalue weighted by Crippen LogP contribution is -2.27. The van der Waals surface area contributed by atoms with Crippen molar-refractivity contribution in [3.63, 3.8) is 0 Å². The number of hydrogen-bond acceptors (Lipinski definition) is 0. The van der Waals surface area contributed by atoms with Crippen molar-refractivity contribution < 1.29 is 0 Å². The summed E-state index contributed by atoms with van der Waals surface area (Å²) in [6.07, 6.45) is 19.8. The molecule has 0 aromatic carbocycles. The highest BCUT2D eigenvalue weighted by atomic mass is 14.6. The van der Waals surface area contributed by atoms with Crippen molar-refractivity contribution in [3.8, 4) is 0 Å². The Morgan fingerprint density at radius 1 is 0.938 bits per heavy atom. The topological polar surface area (TPSA) is 0 Å². The van der Waals surface area contributed by atoms with E-state index < -0.39 is 0 Å². The molecule has 4 atom stereocenters. The van der Waals surface area contributed by atoms with Gasteiger partial charge in [0.2, 0.25) is 0 Å². The quantitative estimate of drug-likeness (QED) is 0.586. The fourth-order valence-corrected chi connectivity index (χ4v) is 4.30. The van der Waals surface area contributed by atoms with Crippen molar-refractivity contribution in [1.82, 2.24) is 0 Å². The molecule has 1 fully saturated rings. The molecule has 3 rings (SSSR count). The Labute approximate surface area is 99.8 Å². The first kappa shape index (κ1) is 10.6. The van der Waals surface area contributed by atoms with Gasteiger partial charge in [0.05, 0.1) is 0 Å². The average Bonchev–Trinajstić information content (AvgIpc) is 3.05. The predicted molar refractivity (Wildman–Crippen MR) is 69.2 cm³/mol. The van der Waals surface area contributed by atoms with Crippen LogP contribution in [0.3, 0.4) is 0 Å². The zero-order chi connectivity index (χ0) is 11.0. The van der Waals surface area contributed by atoms with Crippen molar-refractivity contribution in [2.24, 2.45) is 23.2 Å². The molecule has 0 bridgehead atoms. The van der Waals surface area contributed by atoms with Gasteiger partial charge in [0, 0.05) is 0 Å². The number of rotatable bonds is 2. The van der Waals surface area contributed by atoms with Crippen molar-refractivity contribution in [1.29, 1.82) is 0 Å². The van der Waals surface area contributed by atoms with Crippen LogP contribution in [0, 0.1) is 23.2 Å². The first-order valence-electron chi connectivity index (χ1n) is 7.17. The third-order valence-corrected chi connectivity index (χ3v) is 5.31. The third-order valence-electron chi connectivity index (χ3n) is 5.31. The van der Waals surface area contributed by atoms with E-state index in [-0.39, 0.29) is 0 Å². The normalized spacial score (nSPS) is 46.9. The fourth-order valence-electron chi connectivity index (χ4n) is 4.30. The first-order valence-corrected chi connectivity index (χ1v) is 7.17. The van der Waals surface area contributed by atoms with E-state index >= 15 is 0 Å². The molecule has 0 amide bonds.